The van der Waals surface area contributed by atoms with E-state index >= 15 is 0 Å². The Bertz CT molecular complexity index is 1240. The lowest BCUT2D eigenvalue weighted by Gasteiger charge is -2.35. The van der Waals surface area contributed by atoms with Gasteiger partial charge in [-0.3, -0.25) is 14.3 Å². The van der Waals surface area contributed by atoms with E-state index in [1.807, 2.05) is 37.3 Å². The molecule has 0 bridgehead atoms. The molecule has 2 aliphatic heterocycles. The van der Waals surface area contributed by atoms with Crippen molar-refractivity contribution in [3.05, 3.63) is 82.9 Å². The highest BCUT2D eigenvalue weighted by Gasteiger charge is 2.36. The summed E-state index contributed by atoms with van der Waals surface area (Å²) in [4.78, 5) is 29.2. The average Bonchev–Trinajstić information content (AvgIpc) is 3.40. The van der Waals surface area contributed by atoms with Crippen molar-refractivity contribution in [1.82, 2.24) is 14.7 Å². The van der Waals surface area contributed by atoms with E-state index in [-0.39, 0.29) is 42.3 Å². The van der Waals surface area contributed by atoms with Crippen LogP contribution in [0.4, 0.5) is 18.9 Å². The number of hydrogen-bond donors (Lipinski definition) is 0. The Hall–Kier alpha value is -3.62. The van der Waals surface area contributed by atoms with Crippen molar-refractivity contribution >= 4 is 17.5 Å². The van der Waals surface area contributed by atoms with Gasteiger partial charge in [0.15, 0.2) is 17.5 Å². The molecule has 0 saturated carbocycles. The largest absolute Gasteiger partial charge is 0.332 e. The fraction of sp³-hybridized carbons (Fsp3) is 0.320. The first-order chi connectivity index (χ1) is 16.3. The Kier molecular flexibility index (Phi) is 5.63. The second kappa shape index (κ2) is 8.62. The van der Waals surface area contributed by atoms with Gasteiger partial charge in [-0.2, -0.15) is 5.10 Å². The zero-order chi connectivity index (χ0) is 24.0. The molecule has 0 aliphatic carbocycles. The summed E-state index contributed by atoms with van der Waals surface area (Å²) in [6, 6.07) is 11.3. The van der Waals surface area contributed by atoms with E-state index in [0.29, 0.717) is 25.2 Å². The van der Waals surface area contributed by atoms with Crippen molar-refractivity contribution in [3.63, 3.8) is 0 Å². The number of fused-ring (bicyclic) bond motifs is 1. The maximum absolute atomic E-state index is 13.6. The van der Waals surface area contributed by atoms with Crippen LogP contribution in [0.25, 0.3) is 0 Å². The molecule has 1 fully saturated rings. The number of hydrogen-bond acceptors (Lipinski definition) is 3. The third-order valence-corrected chi connectivity index (χ3v) is 6.62. The van der Waals surface area contributed by atoms with Crippen LogP contribution in [0.1, 0.15) is 36.1 Å². The minimum absolute atomic E-state index is 0.00147. The third kappa shape index (κ3) is 3.95. The predicted molar refractivity (Wildman–Crippen MR) is 118 cm³/mol. The van der Waals surface area contributed by atoms with Crippen LogP contribution in [-0.4, -0.2) is 39.1 Å². The van der Waals surface area contributed by atoms with Gasteiger partial charge in [0.25, 0.3) is 0 Å². The average molecular weight is 468 g/mol. The van der Waals surface area contributed by atoms with Crippen molar-refractivity contribution in [1.29, 1.82) is 0 Å². The number of nitrogens with zero attached hydrogens (tertiary/aromatic N) is 4. The molecule has 5 rings (SSSR count). The Balaban J connectivity index is 1.36. The van der Waals surface area contributed by atoms with Crippen LogP contribution >= 0.6 is 0 Å². The number of aromatic nitrogens is 2. The van der Waals surface area contributed by atoms with Gasteiger partial charge in [-0.15, -0.1) is 0 Å². The second-order valence-corrected chi connectivity index (χ2v) is 8.90. The van der Waals surface area contributed by atoms with Gasteiger partial charge in [0.2, 0.25) is 11.8 Å². The molecule has 1 aromatic heterocycles. The van der Waals surface area contributed by atoms with Crippen LogP contribution in [0.2, 0.25) is 0 Å². The van der Waals surface area contributed by atoms with Crippen LogP contribution in [0, 0.1) is 17.5 Å². The lowest BCUT2D eigenvalue weighted by atomic mass is 9.98. The maximum atomic E-state index is 13.6. The Morgan fingerprint density at radius 1 is 1.09 bits per heavy atom. The van der Waals surface area contributed by atoms with Crippen molar-refractivity contribution < 1.29 is 22.8 Å². The molecule has 6 nitrogen and oxygen atoms in total. The molecule has 9 heteroatoms. The summed E-state index contributed by atoms with van der Waals surface area (Å²) in [6.45, 7) is 3.03. The zero-order valence-electron chi connectivity index (χ0n) is 18.5. The molecule has 176 valence electrons. The fourth-order valence-corrected chi connectivity index (χ4v) is 4.82. The first-order valence-electron chi connectivity index (χ1n) is 11.1. The molecule has 1 unspecified atom stereocenters. The van der Waals surface area contributed by atoms with Gasteiger partial charge in [0, 0.05) is 24.9 Å². The van der Waals surface area contributed by atoms with Crippen LogP contribution in [0.5, 0.6) is 0 Å². The molecule has 2 aromatic carbocycles. The minimum atomic E-state index is -1.56. The van der Waals surface area contributed by atoms with E-state index in [9.17, 15) is 22.8 Å². The maximum Gasteiger partial charge on any atom is 0.227 e. The molecule has 0 spiro atoms. The first kappa shape index (κ1) is 22.2. The van der Waals surface area contributed by atoms with Gasteiger partial charge in [-0.1, -0.05) is 30.3 Å². The number of carbonyl (C=O) groups excluding carboxylic acids is 2. The number of carbonyl (C=O) groups is 2. The van der Waals surface area contributed by atoms with E-state index in [4.69, 9.17) is 0 Å². The lowest BCUT2D eigenvalue weighted by molar-refractivity contribution is -0.134. The van der Waals surface area contributed by atoms with Gasteiger partial charge < -0.3 is 9.80 Å². The monoisotopic (exact) mass is 468 g/mol. The van der Waals surface area contributed by atoms with Crippen molar-refractivity contribution in [2.75, 3.05) is 11.4 Å². The van der Waals surface area contributed by atoms with Crippen LogP contribution in [0.3, 0.4) is 0 Å². The predicted octanol–water partition coefficient (Wildman–Crippen LogP) is 3.79. The lowest BCUT2D eigenvalue weighted by Crippen LogP contribution is -2.46. The molecule has 3 heterocycles. The smallest absolute Gasteiger partial charge is 0.227 e. The molecular formula is C25H23F3N4O2. The van der Waals surface area contributed by atoms with Gasteiger partial charge in [-0.25, -0.2) is 13.2 Å². The van der Waals surface area contributed by atoms with E-state index in [1.54, 1.807) is 20.7 Å². The number of rotatable bonds is 4. The Morgan fingerprint density at radius 3 is 2.50 bits per heavy atom. The molecule has 2 amide bonds. The van der Waals surface area contributed by atoms with E-state index in [2.05, 4.69) is 5.10 Å². The summed E-state index contributed by atoms with van der Waals surface area (Å²) in [5.74, 6) is -4.47. The summed E-state index contributed by atoms with van der Waals surface area (Å²) in [5, 5.41) is 4.44. The molecule has 34 heavy (non-hydrogen) atoms. The van der Waals surface area contributed by atoms with Gasteiger partial charge in [0.1, 0.15) is 0 Å². The van der Waals surface area contributed by atoms with Crippen LogP contribution in [-0.2, 0) is 29.1 Å². The number of benzene rings is 2. The van der Waals surface area contributed by atoms with Crippen LogP contribution in [0.15, 0.2) is 48.7 Å². The normalized spacial score (nSPS) is 20.1. The quantitative estimate of drug-likeness (QED) is 0.548. The fourth-order valence-electron chi connectivity index (χ4n) is 4.82. The number of anilines is 1. The standard InChI is InChI=1S/C25H23F3N4O2/c1-15-12-32-22(14-30(15)23(33)9-16-7-19(26)25(28)20(27)8-16)21(11-29-32)31-13-18(10-24(31)34)17-5-3-2-4-6-17/h2-8,11,15,18H,9-10,12-14H2,1H3/t15-,18?/m0/s1. The summed E-state index contributed by atoms with van der Waals surface area (Å²) in [7, 11) is 0. The van der Waals surface area contributed by atoms with E-state index in [0.717, 1.165) is 23.4 Å². The summed E-state index contributed by atoms with van der Waals surface area (Å²) in [5.41, 5.74) is 2.58. The summed E-state index contributed by atoms with van der Waals surface area (Å²) in [6.07, 6.45) is 1.79. The molecule has 0 N–H and O–H groups in total. The second-order valence-electron chi connectivity index (χ2n) is 8.90. The molecule has 2 aliphatic rings. The molecule has 3 aromatic rings. The molecule has 2 atom stereocenters. The molecule has 1 saturated heterocycles. The highest BCUT2D eigenvalue weighted by molar-refractivity contribution is 5.97. The zero-order valence-corrected chi connectivity index (χ0v) is 18.5. The van der Waals surface area contributed by atoms with Crippen molar-refractivity contribution in [3.8, 4) is 0 Å². The van der Waals surface area contributed by atoms with E-state index < -0.39 is 17.5 Å². The highest BCUT2D eigenvalue weighted by atomic mass is 19.2. The Morgan fingerprint density at radius 2 is 1.79 bits per heavy atom. The number of halogens is 3. The van der Waals surface area contributed by atoms with E-state index in [1.165, 1.54) is 0 Å². The first-order valence-corrected chi connectivity index (χ1v) is 11.1. The topological polar surface area (TPSA) is 58.4 Å². The summed E-state index contributed by atoms with van der Waals surface area (Å²) < 4.78 is 42.2. The molecule has 0 radical (unpaired) electrons. The summed E-state index contributed by atoms with van der Waals surface area (Å²) >= 11 is 0. The van der Waals surface area contributed by atoms with Crippen molar-refractivity contribution in [2.24, 2.45) is 0 Å². The Labute approximate surface area is 194 Å². The SMILES string of the molecule is C[C@H]1Cn2ncc(N3CC(c4ccccc4)CC3=O)c2CN1C(=O)Cc1cc(F)c(F)c(F)c1. The van der Waals surface area contributed by atoms with Gasteiger partial charge in [0.05, 0.1) is 37.1 Å². The van der Waals surface area contributed by atoms with Crippen LogP contribution < -0.4 is 4.90 Å². The highest BCUT2D eigenvalue weighted by Crippen LogP contribution is 2.35. The minimum Gasteiger partial charge on any atom is -0.332 e. The number of amides is 2. The third-order valence-electron chi connectivity index (χ3n) is 6.62. The van der Waals surface area contributed by atoms with Crippen molar-refractivity contribution in [2.45, 2.75) is 44.8 Å². The van der Waals surface area contributed by atoms with Gasteiger partial charge in [-0.05, 0) is 30.2 Å². The molecular weight excluding hydrogens is 445 g/mol. The van der Waals surface area contributed by atoms with Gasteiger partial charge >= 0.3 is 0 Å².